The lowest BCUT2D eigenvalue weighted by molar-refractivity contribution is -0.0533. The number of fused-ring (bicyclic) bond motifs is 2. The van der Waals surface area contributed by atoms with Crippen molar-refractivity contribution in [2.75, 3.05) is 5.32 Å². The van der Waals surface area contributed by atoms with Crippen molar-refractivity contribution in [3.05, 3.63) is 88.4 Å². The van der Waals surface area contributed by atoms with Crippen LogP contribution in [0, 0.1) is 0 Å². The van der Waals surface area contributed by atoms with Crippen LogP contribution in [0.2, 0.25) is 5.02 Å². The van der Waals surface area contributed by atoms with Gasteiger partial charge >= 0.3 is 0 Å². The first-order valence-electron chi connectivity index (χ1n) is 10.3. The third-order valence-corrected chi connectivity index (χ3v) is 6.00. The Balaban J connectivity index is 1.58. The van der Waals surface area contributed by atoms with E-state index in [1.54, 1.807) is 48.5 Å². The van der Waals surface area contributed by atoms with E-state index in [0.29, 0.717) is 44.2 Å². The Hall–Kier alpha value is -3.35. The first-order chi connectivity index (χ1) is 15.3. The summed E-state index contributed by atoms with van der Waals surface area (Å²) in [6.45, 7) is 3.63. The molecule has 2 atom stereocenters. The monoisotopic (exact) mass is 448 g/mol. The predicted octanol–water partition coefficient (Wildman–Crippen LogP) is 5.40. The summed E-state index contributed by atoms with van der Waals surface area (Å²) in [6.07, 6.45) is -0.928. The number of ketones is 1. The second kappa shape index (κ2) is 7.65. The summed E-state index contributed by atoms with van der Waals surface area (Å²) in [7, 11) is 0. The second-order valence-electron chi connectivity index (χ2n) is 8.39. The molecule has 32 heavy (non-hydrogen) atoms. The van der Waals surface area contributed by atoms with Gasteiger partial charge in [0.1, 0.15) is 17.5 Å². The fourth-order valence-corrected chi connectivity index (χ4v) is 4.19. The van der Waals surface area contributed by atoms with Crippen LogP contribution in [0.3, 0.4) is 0 Å². The molecule has 0 fully saturated rings. The Labute approximate surface area is 189 Å². The summed E-state index contributed by atoms with van der Waals surface area (Å²) < 4.78 is 11.5. The van der Waals surface area contributed by atoms with Gasteiger partial charge in [-0.05, 0) is 50.2 Å². The van der Waals surface area contributed by atoms with E-state index in [1.165, 1.54) is 0 Å². The van der Waals surface area contributed by atoms with Crippen LogP contribution < -0.4 is 10.1 Å². The predicted molar refractivity (Wildman–Crippen MR) is 122 cm³/mol. The fraction of sp³-hybridized carbons (Fsp3) is 0.200. The quantitative estimate of drug-likeness (QED) is 0.407. The lowest BCUT2D eigenvalue weighted by Crippen LogP contribution is -2.50. The number of rotatable bonds is 4. The highest BCUT2D eigenvalue weighted by atomic mass is 35.5. The number of hydrogen-bond acceptors (Lipinski definition) is 6. The molecule has 1 aliphatic heterocycles. The molecule has 0 unspecified atom stereocenters. The third-order valence-electron chi connectivity index (χ3n) is 5.77. The first kappa shape index (κ1) is 20.5. The molecular formula is C25H21ClN2O4. The Morgan fingerprint density at radius 2 is 1.84 bits per heavy atom. The fourth-order valence-electron chi connectivity index (χ4n) is 4.02. The number of carbonyl (C=O) groups excluding carboxylic acids is 1. The van der Waals surface area contributed by atoms with E-state index in [0.717, 1.165) is 0 Å². The van der Waals surface area contributed by atoms with Crippen LogP contribution in [-0.4, -0.2) is 27.8 Å². The first-order valence-corrected chi connectivity index (χ1v) is 10.6. The Morgan fingerprint density at radius 1 is 1.06 bits per heavy atom. The van der Waals surface area contributed by atoms with E-state index in [1.807, 2.05) is 32.0 Å². The number of nitrogens with zero attached hydrogens (tertiary/aromatic N) is 1. The molecule has 0 aliphatic carbocycles. The summed E-state index contributed by atoms with van der Waals surface area (Å²) in [5.74, 6) is 0.938. The van der Waals surface area contributed by atoms with Gasteiger partial charge in [0, 0.05) is 21.7 Å². The minimum atomic E-state index is -0.928. The topological polar surface area (TPSA) is 84.6 Å². The molecule has 2 heterocycles. The normalized spacial score (nSPS) is 19.2. The summed E-state index contributed by atoms with van der Waals surface area (Å²) in [4.78, 5) is 13.0. The second-order valence-corrected chi connectivity index (χ2v) is 8.83. The van der Waals surface area contributed by atoms with Gasteiger partial charge in [0.25, 0.3) is 0 Å². The van der Waals surface area contributed by atoms with E-state index in [4.69, 9.17) is 20.9 Å². The summed E-state index contributed by atoms with van der Waals surface area (Å²) in [6, 6.07) is 19.0. The standard InChI is InChI=1S/C25H21ClN2O4/c1-25(2)23(30)21(27-24-18-13-16(26)9-11-20(18)32-28-24)17-12-15(8-10-19(17)31-25)22(29)14-6-4-3-5-7-14/h3-13,21,23,30H,1-2H3,(H,27,28)/t21-,23+/m1/s1. The number of anilines is 1. The van der Waals surface area contributed by atoms with Crippen molar-refractivity contribution >= 4 is 34.2 Å². The van der Waals surface area contributed by atoms with Crippen LogP contribution in [0.25, 0.3) is 11.0 Å². The number of aromatic nitrogens is 1. The summed E-state index contributed by atoms with van der Waals surface area (Å²) in [5.41, 5.74) is 1.46. The number of hydrogen-bond donors (Lipinski definition) is 2. The van der Waals surface area contributed by atoms with Crippen LogP contribution >= 0.6 is 11.6 Å². The largest absolute Gasteiger partial charge is 0.485 e. The molecule has 4 aromatic rings. The Kier molecular flexibility index (Phi) is 4.92. The molecule has 0 spiro atoms. The number of nitrogens with one attached hydrogen (secondary N) is 1. The molecule has 6 nitrogen and oxygen atoms in total. The van der Waals surface area contributed by atoms with Gasteiger partial charge in [0.05, 0.1) is 11.4 Å². The number of benzene rings is 3. The van der Waals surface area contributed by atoms with Crippen molar-refractivity contribution in [1.29, 1.82) is 0 Å². The number of aliphatic hydroxyl groups excluding tert-OH is 1. The Bertz CT molecular complexity index is 1320. The molecule has 7 heteroatoms. The molecule has 1 aliphatic rings. The molecule has 3 aromatic carbocycles. The number of halogens is 1. The molecule has 0 radical (unpaired) electrons. The lowest BCUT2D eigenvalue weighted by Gasteiger charge is -2.42. The SMILES string of the molecule is CC1(C)Oc2ccc(C(=O)c3ccccc3)cc2[C@@H](Nc2noc3ccc(Cl)cc23)[C@@H]1O. The number of carbonyl (C=O) groups is 1. The van der Waals surface area contributed by atoms with Crippen molar-refractivity contribution in [3.8, 4) is 5.75 Å². The van der Waals surface area contributed by atoms with Crippen LogP contribution in [-0.2, 0) is 0 Å². The number of aliphatic hydroxyl groups is 1. The maximum atomic E-state index is 13.0. The van der Waals surface area contributed by atoms with Crippen molar-refractivity contribution < 1.29 is 19.2 Å². The van der Waals surface area contributed by atoms with Crippen LogP contribution in [0.1, 0.15) is 41.4 Å². The highest BCUT2D eigenvalue weighted by Crippen LogP contribution is 2.42. The number of ether oxygens (including phenoxy) is 1. The molecule has 5 rings (SSSR count). The average molecular weight is 449 g/mol. The highest BCUT2D eigenvalue weighted by Gasteiger charge is 2.43. The van der Waals surface area contributed by atoms with E-state index < -0.39 is 17.7 Å². The molecule has 0 bridgehead atoms. The molecular weight excluding hydrogens is 428 g/mol. The lowest BCUT2D eigenvalue weighted by atomic mass is 9.85. The Morgan fingerprint density at radius 3 is 2.62 bits per heavy atom. The average Bonchev–Trinajstić information content (AvgIpc) is 3.18. The van der Waals surface area contributed by atoms with Crippen molar-refractivity contribution in [2.24, 2.45) is 0 Å². The molecule has 0 saturated heterocycles. The van der Waals surface area contributed by atoms with Gasteiger partial charge in [-0.15, -0.1) is 0 Å². The van der Waals surface area contributed by atoms with Gasteiger partial charge in [-0.3, -0.25) is 4.79 Å². The van der Waals surface area contributed by atoms with Crippen LogP contribution in [0.15, 0.2) is 71.3 Å². The minimum Gasteiger partial charge on any atom is -0.485 e. The maximum Gasteiger partial charge on any atom is 0.193 e. The van der Waals surface area contributed by atoms with Gasteiger partial charge < -0.3 is 19.7 Å². The van der Waals surface area contributed by atoms with Gasteiger partial charge in [-0.1, -0.05) is 47.1 Å². The molecule has 162 valence electrons. The third kappa shape index (κ3) is 3.51. The van der Waals surface area contributed by atoms with Gasteiger partial charge in [-0.25, -0.2) is 0 Å². The van der Waals surface area contributed by atoms with E-state index in [2.05, 4.69) is 10.5 Å². The van der Waals surface area contributed by atoms with Gasteiger partial charge in [-0.2, -0.15) is 0 Å². The molecule has 0 saturated carbocycles. The zero-order chi connectivity index (χ0) is 22.5. The van der Waals surface area contributed by atoms with Crippen molar-refractivity contribution in [1.82, 2.24) is 5.16 Å². The molecule has 0 amide bonds. The van der Waals surface area contributed by atoms with Crippen LogP contribution in [0.5, 0.6) is 5.75 Å². The smallest absolute Gasteiger partial charge is 0.193 e. The summed E-state index contributed by atoms with van der Waals surface area (Å²) in [5, 5.41) is 19.8. The zero-order valence-electron chi connectivity index (χ0n) is 17.5. The maximum absolute atomic E-state index is 13.0. The summed E-state index contributed by atoms with van der Waals surface area (Å²) >= 11 is 6.16. The van der Waals surface area contributed by atoms with E-state index in [9.17, 15) is 9.90 Å². The van der Waals surface area contributed by atoms with Gasteiger partial charge in [0.2, 0.25) is 0 Å². The zero-order valence-corrected chi connectivity index (χ0v) is 18.3. The van der Waals surface area contributed by atoms with Gasteiger partial charge in [0.15, 0.2) is 17.2 Å². The van der Waals surface area contributed by atoms with E-state index >= 15 is 0 Å². The molecule has 2 N–H and O–H groups in total. The van der Waals surface area contributed by atoms with Crippen molar-refractivity contribution in [3.63, 3.8) is 0 Å². The van der Waals surface area contributed by atoms with Crippen LogP contribution in [0.4, 0.5) is 5.82 Å². The van der Waals surface area contributed by atoms with Crippen molar-refractivity contribution in [2.45, 2.75) is 31.6 Å². The molecule has 1 aromatic heterocycles. The van der Waals surface area contributed by atoms with E-state index in [-0.39, 0.29) is 5.78 Å². The highest BCUT2D eigenvalue weighted by molar-refractivity contribution is 6.31. The minimum absolute atomic E-state index is 0.106.